The lowest BCUT2D eigenvalue weighted by Gasteiger charge is -2.13. The van der Waals surface area contributed by atoms with Crippen molar-refractivity contribution in [2.24, 2.45) is 0 Å². The number of fused-ring (bicyclic) bond motifs is 1. The van der Waals surface area contributed by atoms with E-state index in [1.807, 2.05) is 30.3 Å². The van der Waals surface area contributed by atoms with Crippen molar-refractivity contribution in [2.75, 3.05) is 11.1 Å². The van der Waals surface area contributed by atoms with Gasteiger partial charge in [0.2, 0.25) is 0 Å². The van der Waals surface area contributed by atoms with Gasteiger partial charge in [-0.05, 0) is 30.2 Å². The summed E-state index contributed by atoms with van der Waals surface area (Å²) in [4.78, 5) is 4.35. The lowest BCUT2D eigenvalue weighted by atomic mass is 10.1. The molecule has 3 heteroatoms. The average molecular weight is 263 g/mol. The number of aryl methyl sites for hydroxylation is 1. The number of hydrogen-bond donors (Lipinski definition) is 2. The number of nitrogens with zero attached hydrogens (tertiary/aromatic N) is 1. The van der Waals surface area contributed by atoms with E-state index < -0.39 is 0 Å². The molecule has 3 nitrogen and oxygen atoms in total. The molecule has 0 saturated carbocycles. The minimum Gasteiger partial charge on any atom is -0.396 e. The lowest BCUT2D eigenvalue weighted by molar-refractivity contribution is 1.14. The summed E-state index contributed by atoms with van der Waals surface area (Å²) in [5, 5.41) is 4.46. The molecule has 2 aromatic carbocycles. The first-order valence-electron chi connectivity index (χ1n) is 6.77. The fourth-order valence-electron chi connectivity index (χ4n) is 2.31. The number of benzene rings is 2. The van der Waals surface area contributed by atoms with Gasteiger partial charge in [-0.3, -0.25) is 4.98 Å². The van der Waals surface area contributed by atoms with E-state index in [9.17, 15) is 0 Å². The van der Waals surface area contributed by atoms with Crippen molar-refractivity contribution >= 4 is 28.0 Å². The molecule has 0 atom stereocenters. The molecule has 0 saturated heterocycles. The first-order valence-corrected chi connectivity index (χ1v) is 6.77. The van der Waals surface area contributed by atoms with Crippen LogP contribution in [-0.4, -0.2) is 4.98 Å². The lowest BCUT2D eigenvalue weighted by Crippen LogP contribution is -1.99. The summed E-state index contributed by atoms with van der Waals surface area (Å²) in [5.41, 5.74) is 10.9. The number of nitrogen functional groups attached to an aromatic ring is 1. The third-order valence-corrected chi connectivity index (χ3v) is 3.41. The summed E-state index contributed by atoms with van der Waals surface area (Å²) < 4.78 is 0. The fraction of sp³-hybridized carbons (Fsp3) is 0.118. The van der Waals surface area contributed by atoms with E-state index in [0.29, 0.717) is 5.69 Å². The Kier molecular flexibility index (Phi) is 3.25. The number of pyridine rings is 1. The van der Waals surface area contributed by atoms with Crippen LogP contribution in [-0.2, 0) is 6.42 Å². The predicted molar refractivity (Wildman–Crippen MR) is 85.3 cm³/mol. The Morgan fingerprint density at radius 1 is 1.10 bits per heavy atom. The standard InChI is InChI=1S/C17H17N3/c1-2-12-6-5-7-13(10-12)20-17-14-8-3-4-9-16(14)19-11-15(17)18/h3-11H,2,18H2,1H3,(H,19,20). The maximum atomic E-state index is 6.08. The number of para-hydroxylation sites is 1. The number of hydrogen-bond acceptors (Lipinski definition) is 3. The van der Waals surface area contributed by atoms with Gasteiger partial charge >= 0.3 is 0 Å². The highest BCUT2D eigenvalue weighted by atomic mass is 14.9. The van der Waals surface area contributed by atoms with Crippen LogP contribution in [0.1, 0.15) is 12.5 Å². The van der Waals surface area contributed by atoms with Crippen molar-refractivity contribution in [3.8, 4) is 0 Å². The van der Waals surface area contributed by atoms with E-state index in [-0.39, 0.29) is 0 Å². The second-order valence-electron chi connectivity index (χ2n) is 4.78. The molecule has 100 valence electrons. The van der Waals surface area contributed by atoms with Gasteiger partial charge in [0.05, 0.1) is 23.1 Å². The molecule has 20 heavy (non-hydrogen) atoms. The smallest absolute Gasteiger partial charge is 0.0746 e. The molecule has 0 radical (unpaired) electrons. The van der Waals surface area contributed by atoms with Crippen LogP contribution in [0.5, 0.6) is 0 Å². The van der Waals surface area contributed by atoms with Gasteiger partial charge in [0.1, 0.15) is 0 Å². The van der Waals surface area contributed by atoms with Gasteiger partial charge in [-0.1, -0.05) is 37.3 Å². The monoisotopic (exact) mass is 263 g/mol. The van der Waals surface area contributed by atoms with E-state index >= 15 is 0 Å². The van der Waals surface area contributed by atoms with E-state index in [1.165, 1.54) is 5.56 Å². The fourth-order valence-corrected chi connectivity index (χ4v) is 2.31. The number of nitrogens with two attached hydrogens (primary N) is 1. The Bertz CT molecular complexity index is 750. The van der Waals surface area contributed by atoms with Crippen LogP contribution in [0.3, 0.4) is 0 Å². The molecule has 0 aliphatic carbocycles. The summed E-state index contributed by atoms with van der Waals surface area (Å²) in [5.74, 6) is 0. The second kappa shape index (κ2) is 5.21. The Hall–Kier alpha value is -2.55. The van der Waals surface area contributed by atoms with Crippen LogP contribution in [0.15, 0.2) is 54.7 Å². The largest absolute Gasteiger partial charge is 0.396 e. The molecule has 1 aromatic heterocycles. The molecule has 1 heterocycles. The van der Waals surface area contributed by atoms with Gasteiger partial charge < -0.3 is 11.1 Å². The van der Waals surface area contributed by atoms with Crippen molar-refractivity contribution in [2.45, 2.75) is 13.3 Å². The third-order valence-electron chi connectivity index (χ3n) is 3.41. The molecule has 0 aliphatic heterocycles. The first kappa shape index (κ1) is 12.5. The maximum Gasteiger partial charge on any atom is 0.0746 e. The van der Waals surface area contributed by atoms with E-state index in [2.05, 4.69) is 35.4 Å². The van der Waals surface area contributed by atoms with Crippen molar-refractivity contribution in [1.29, 1.82) is 0 Å². The van der Waals surface area contributed by atoms with Gasteiger partial charge in [-0.2, -0.15) is 0 Å². The van der Waals surface area contributed by atoms with Gasteiger partial charge in [0.15, 0.2) is 0 Å². The molecule has 0 aliphatic rings. The highest BCUT2D eigenvalue weighted by Gasteiger charge is 2.06. The molecular weight excluding hydrogens is 246 g/mol. The highest BCUT2D eigenvalue weighted by molar-refractivity contribution is 5.98. The summed E-state index contributed by atoms with van der Waals surface area (Å²) in [7, 11) is 0. The van der Waals surface area contributed by atoms with Crippen LogP contribution in [0.2, 0.25) is 0 Å². The number of aromatic nitrogens is 1. The third kappa shape index (κ3) is 2.30. The van der Waals surface area contributed by atoms with Crippen LogP contribution < -0.4 is 11.1 Å². The van der Waals surface area contributed by atoms with Gasteiger partial charge in [-0.15, -0.1) is 0 Å². The molecule has 0 spiro atoms. The summed E-state index contributed by atoms with van der Waals surface area (Å²) in [6.07, 6.45) is 2.72. The minimum atomic E-state index is 0.658. The number of anilines is 3. The molecule has 3 aromatic rings. The van der Waals surface area contributed by atoms with Crippen molar-refractivity contribution in [1.82, 2.24) is 4.98 Å². The van der Waals surface area contributed by atoms with Gasteiger partial charge in [-0.25, -0.2) is 0 Å². The summed E-state index contributed by atoms with van der Waals surface area (Å²) in [6.45, 7) is 2.15. The average Bonchev–Trinajstić information content (AvgIpc) is 2.50. The first-order chi connectivity index (χ1) is 9.78. The highest BCUT2D eigenvalue weighted by Crippen LogP contribution is 2.30. The zero-order valence-corrected chi connectivity index (χ0v) is 11.4. The predicted octanol–water partition coefficient (Wildman–Crippen LogP) is 4.12. The zero-order chi connectivity index (χ0) is 13.9. The second-order valence-corrected chi connectivity index (χ2v) is 4.78. The van der Waals surface area contributed by atoms with Crippen LogP contribution >= 0.6 is 0 Å². The van der Waals surface area contributed by atoms with Crippen LogP contribution in [0, 0.1) is 0 Å². The minimum absolute atomic E-state index is 0.658. The Balaban J connectivity index is 2.07. The molecule has 0 unspecified atom stereocenters. The molecular formula is C17H17N3. The number of rotatable bonds is 3. The number of nitrogens with one attached hydrogen (secondary N) is 1. The Morgan fingerprint density at radius 3 is 2.80 bits per heavy atom. The quantitative estimate of drug-likeness (QED) is 0.747. The molecule has 0 amide bonds. The van der Waals surface area contributed by atoms with Gasteiger partial charge in [0, 0.05) is 11.1 Å². The van der Waals surface area contributed by atoms with Crippen LogP contribution in [0.25, 0.3) is 10.9 Å². The molecule has 3 rings (SSSR count). The maximum absolute atomic E-state index is 6.08. The molecule has 0 fully saturated rings. The molecule has 3 N–H and O–H groups in total. The van der Waals surface area contributed by atoms with Gasteiger partial charge in [0.25, 0.3) is 0 Å². The summed E-state index contributed by atoms with van der Waals surface area (Å²) in [6, 6.07) is 16.4. The SMILES string of the molecule is CCc1cccc(Nc2c(N)cnc3ccccc23)c1. The van der Waals surface area contributed by atoms with Crippen molar-refractivity contribution < 1.29 is 0 Å². The zero-order valence-electron chi connectivity index (χ0n) is 11.4. The van der Waals surface area contributed by atoms with E-state index in [1.54, 1.807) is 6.20 Å². The Morgan fingerprint density at radius 2 is 1.95 bits per heavy atom. The van der Waals surface area contributed by atoms with E-state index in [4.69, 9.17) is 5.73 Å². The van der Waals surface area contributed by atoms with Crippen molar-refractivity contribution in [3.05, 3.63) is 60.3 Å². The summed E-state index contributed by atoms with van der Waals surface area (Å²) >= 11 is 0. The van der Waals surface area contributed by atoms with Crippen molar-refractivity contribution in [3.63, 3.8) is 0 Å². The van der Waals surface area contributed by atoms with Crippen LogP contribution in [0.4, 0.5) is 17.1 Å². The molecule has 0 bridgehead atoms. The Labute approximate surface area is 118 Å². The van der Waals surface area contributed by atoms with E-state index in [0.717, 1.165) is 28.7 Å². The topological polar surface area (TPSA) is 50.9 Å². The normalized spacial score (nSPS) is 10.7.